The van der Waals surface area contributed by atoms with Gasteiger partial charge in [-0.05, 0) is 17.7 Å². The molecule has 1 aromatic carbocycles. The molecule has 2 aliphatic rings. The Morgan fingerprint density at radius 3 is 2.58 bits per heavy atom. The van der Waals surface area contributed by atoms with E-state index in [0.29, 0.717) is 12.0 Å². The number of rotatable bonds is 7. The van der Waals surface area contributed by atoms with Crippen molar-refractivity contribution in [1.29, 1.82) is 0 Å². The first-order valence-corrected chi connectivity index (χ1v) is 12.3. The highest BCUT2D eigenvalue weighted by atomic mass is 15.3. The SMILES string of the molecule is C=C(c1ccc(NC)c(NN)c1)N1CC(N2Cc3cnc(Nc4cc(C(C)(C)C)nn4C)nc3C2)C1. The molecule has 0 spiro atoms. The van der Waals surface area contributed by atoms with E-state index in [4.69, 9.17) is 10.8 Å². The van der Waals surface area contributed by atoms with Gasteiger partial charge in [-0.25, -0.2) is 9.97 Å². The summed E-state index contributed by atoms with van der Waals surface area (Å²) in [5.74, 6) is 7.18. The fraction of sp³-hybridized carbons (Fsp3) is 0.423. The van der Waals surface area contributed by atoms with Gasteiger partial charge in [0, 0.05) is 75.3 Å². The topological polar surface area (TPSA) is 112 Å². The number of anilines is 4. The van der Waals surface area contributed by atoms with Gasteiger partial charge < -0.3 is 21.0 Å². The van der Waals surface area contributed by atoms with Crippen LogP contribution in [0.1, 0.15) is 43.3 Å². The predicted molar refractivity (Wildman–Crippen MR) is 145 cm³/mol. The Morgan fingerprint density at radius 2 is 1.92 bits per heavy atom. The second-order valence-electron chi connectivity index (χ2n) is 10.6. The Balaban J connectivity index is 1.20. The number of aromatic nitrogens is 4. The highest BCUT2D eigenvalue weighted by Crippen LogP contribution is 2.33. The van der Waals surface area contributed by atoms with Crippen molar-refractivity contribution in [2.45, 2.75) is 45.3 Å². The van der Waals surface area contributed by atoms with Gasteiger partial charge in [0.2, 0.25) is 5.95 Å². The van der Waals surface area contributed by atoms with E-state index in [1.54, 1.807) is 0 Å². The Hall–Kier alpha value is -3.63. The van der Waals surface area contributed by atoms with Crippen LogP contribution in [0.4, 0.5) is 23.1 Å². The molecular formula is C26H36N10. The van der Waals surface area contributed by atoms with Crippen LogP contribution in [-0.2, 0) is 25.6 Å². The molecule has 3 aromatic rings. The summed E-state index contributed by atoms with van der Waals surface area (Å²) < 4.78 is 1.85. The Morgan fingerprint density at radius 1 is 1.14 bits per heavy atom. The molecule has 5 N–H and O–H groups in total. The molecule has 1 saturated heterocycles. The summed E-state index contributed by atoms with van der Waals surface area (Å²) in [6, 6.07) is 8.65. The average Bonchev–Trinajstić information content (AvgIpc) is 3.40. The third kappa shape index (κ3) is 4.49. The molecule has 10 nitrogen and oxygen atoms in total. The molecule has 10 heteroatoms. The summed E-state index contributed by atoms with van der Waals surface area (Å²) in [4.78, 5) is 14.2. The van der Waals surface area contributed by atoms with E-state index in [-0.39, 0.29) is 5.41 Å². The summed E-state index contributed by atoms with van der Waals surface area (Å²) in [6.45, 7) is 14.4. The van der Waals surface area contributed by atoms with Crippen molar-refractivity contribution in [1.82, 2.24) is 29.5 Å². The van der Waals surface area contributed by atoms with Crippen LogP contribution in [0.3, 0.4) is 0 Å². The lowest BCUT2D eigenvalue weighted by atomic mass is 9.92. The molecule has 5 rings (SSSR count). The van der Waals surface area contributed by atoms with E-state index in [0.717, 1.165) is 66.0 Å². The number of hydrogen-bond donors (Lipinski definition) is 4. The standard InChI is InChI=1S/C26H36N10/c1-16(17-7-8-20(28-5)21(9-17)32-27)35-13-19(14-35)36-12-18-11-29-25(30-22(18)15-36)31-24-10-23(26(2,3)4)33-34(24)6/h7-11,19,28,32H,1,12-15,27H2,2-6H3,(H,29,30,31). The van der Waals surface area contributed by atoms with E-state index < -0.39 is 0 Å². The highest BCUT2D eigenvalue weighted by Gasteiger charge is 2.36. The zero-order valence-electron chi connectivity index (χ0n) is 21.8. The number of likely N-dealkylation sites (tertiary alicyclic amines) is 1. The monoisotopic (exact) mass is 488 g/mol. The van der Waals surface area contributed by atoms with Gasteiger partial charge in [0.05, 0.1) is 22.8 Å². The lowest BCUT2D eigenvalue weighted by Gasteiger charge is -2.46. The first-order valence-electron chi connectivity index (χ1n) is 12.3. The third-order valence-electron chi connectivity index (χ3n) is 7.11. The lowest BCUT2D eigenvalue weighted by molar-refractivity contribution is 0.0712. The van der Waals surface area contributed by atoms with Crippen molar-refractivity contribution in [3.8, 4) is 0 Å². The fourth-order valence-electron chi connectivity index (χ4n) is 4.71. The number of nitrogen functional groups attached to an aromatic ring is 1. The van der Waals surface area contributed by atoms with Crippen LogP contribution in [0.15, 0.2) is 37.0 Å². The molecule has 0 bridgehead atoms. The molecule has 0 aliphatic carbocycles. The first kappa shape index (κ1) is 24.1. The number of aryl methyl sites for hydroxylation is 1. The molecule has 0 unspecified atom stereocenters. The van der Waals surface area contributed by atoms with E-state index in [1.165, 1.54) is 5.56 Å². The van der Waals surface area contributed by atoms with Gasteiger partial charge in [0.15, 0.2) is 0 Å². The van der Waals surface area contributed by atoms with Crippen molar-refractivity contribution in [2.24, 2.45) is 12.9 Å². The molecule has 2 aromatic heterocycles. The number of benzene rings is 1. The van der Waals surface area contributed by atoms with Crippen LogP contribution in [-0.4, -0.2) is 55.7 Å². The number of nitrogens with one attached hydrogen (secondary N) is 3. The Kier molecular flexibility index (Phi) is 6.09. The minimum Gasteiger partial charge on any atom is -0.386 e. The number of hydrazine groups is 1. The molecule has 0 amide bonds. The van der Waals surface area contributed by atoms with Crippen LogP contribution in [0, 0.1) is 0 Å². The zero-order chi connectivity index (χ0) is 25.6. The van der Waals surface area contributed by atoms with Gasteiger partial charge in [0.1, 0.15) is 5.82 Å². The molecule has 190 valence electrons. The third-order valence-corrected chi connectivity index (χ3v) is 7.11. The summed E-state index contributed by atoms with van der Waals surface area (Å²) in [5, 5.41) is 11.1. The molecule has 2 aliphatic heterocycles. The molecule has 0 saturated carbocycles. The fourth-order valence-corrected chi connectivity index (χ4v) is 4.71. The van der Waals surface area contributed by atoms with Gasteiger partial charge in [-0.2, -0.15) is 5.10 Å². The first-order chi connectivity index (χ1) is 17.2. The average molecular weight is 489 g/mol. The second kappa shape index (κ2) is 9.11. The molecule has 36 heavy (non-hydrogen) atoms. The maximum Gasteiger partial charge on any atom is 0.228 e. The van der Waals surface area contributed by atoms with Crippen molar-refractivity contribution in [3.63, 3.8) is 0 Å². The lowest BCUT2D eigenvalue weighted by Crippen LogP contribution is -2.56. The number of fused-ring (bicyclic) bond motifs is 1. The smallest absolute Gasteiger partial charge is 0.228 e. The largest absolute Gasteiger partial charge is 0.386 e. The Bertz CT molecular complexity index is 1280. The maximum absolute atomic E-state index is 5.68. The van der Waals surface area contributed by atoms with Crippen molar-refractivity contribution in [2.75, 3.05) is 36.2 Å². The quantitative estimate of drug-likeness (QED) is 0.294. The van der Waals surface area contributed by atoms with Gasteiger partial charge >= 0.3 is 0 Å². The van der Waals surface area contributed by atoms with Crippen LogP contribution in [0.5, 0.6) is 0 Å². The summed E-state index contributed by atoms with van der Waals surface area (Å²) >= 11 is 0. The van der Waals surface area contributed by atoms with Gasteiger partial charge in [-0.3, -0.25) is 15.4 Å². The van der Waals surface area contributed by atoms with E-state index >= 15 is 0 Å². The zero-order valence-corrected chi connectivity index (χ0v) is 21.8. The molecule has 0 atom stereocenters. The molecular weight excluding hydrogens is 452 g/mol. The van der Waals surface area contributed by atoms with Crippen molar-refractivity contribution < 1.29 is 0 Å². The van der Waals surface area contributed by atoms with Crippen LogP contribution in [0.2, 0.25) is 0 Å². The molecule has 0 radical (unpaired) electrons. The van der Waals surface area contributed by atoms with E-state index in [1.807, 2.05) is 37.1 Å². The van der Waals surface area contributed by atoms with Crippen LogP contribution >= 0.6 is 0 Å². The van der Waals surface area contributed by atoms with Crippen molar-refractivity contribution >= 4 is 28.8 Å². The summed E-state index contributed by atoms with van der Waals surface area (Å²) in [5.41, 5.74) is 9.95. The number of hydrogen-bond acceptors (Lipinski definition) is 9. The normalized spacial score (nSPS) is 16.0. The summed E-state index contributed by atoms with van der Waals surface area (Å²) in [6.07, 6.45) is 1.95. The Labute approximate surface area is 212 Å². The number of nitrogens with zero attached hydrogens (tertiary/aromatic N) is 6. The molecule has 1 fully saturated rings. The van der Waals surface area contributed by atoms with Crippen molar-refractivity contribution in [3.05, 3.63) is 59.6 Å². The summed E-state index contributed by atoms with van der Waals surface area (Å²) in [7, 11) is 3.81. The van der Waals surface area contributed by atoms with E-state index in [9.17, 15) is 0 Å². The number of nitrogens with two attached hydrogens (primary N) is 1. The van der Waals surface area contributed by atoms with Gasteiger partial charge in [0.25, 0.3) is 0 Å². The highest BCUT2D eigenvalue weighted by molar-refractivity contribution is 5.75. The predicted octanol–water partition coefficient (Wildman–Crippen LogP) is 3.25. The van der Waals surface area contributed by atoms with Crippen LogP contribution < -0.4 is 21.9 Å². The second-order valence-corrected chi connectivity index (χ2v) is 10.6. The van der Waals surface area contributed by atoms with Crippen LogP contribution in [0.25, 0.3) is 5.70 Å². The van der Waals surface area contributed by atoms with Gasteiger partial charge in [-0.1, -0.05) is 33.4 Å². The maximum atomic E-state index is 5.68. The minimum absolute atomic E-state index is 0.0152. The van der Waals surface area contributed by atoms with E-state index in [2.05, 4.69) is 75.4 Å². The van der Waals surface area contributed by atoms with Gasteiger partial charge in [-0.15, -0.1) is 0 Å². The molecule has 4 heterocycles. The minimum atomic E-state index is -0.0152.